The molecule has 0 bridgehead atoms. The summed E-state index contributed by atoms with van der Waals surface area (Å²) in [5, 5.41) is 0. The first-order chi connectivity index (χ1) is 11.4. The molecule has 0 amide bonds. The highest BCUT2D eigenvalue weighted by molar-refractivity contribution is 14.1. The number of hydrogen-bond donors (Lipinski definition) is 0. The Morgan fingerprint density at radius 1 is 1.00 bits per heavy atom. The molecular formula is C17H18FIN2O2S. The minimum Gasteiger partial charge on any atom is -0.369 e. The zero-order chi connectivity index (χ0) is 17.3. The number of aryl methyl sites for hydroxylation is 1. The molecule has 1 fully saturated rings. The average molecular weight is 460 g/mol. The fourth-order valence-electron chi connectivity index (χ4n) is 2.88. The number of piperazine rings is 1. The van der Waals surface area contributed by atoms with Crippen LogP contribution in [0.5, 0.6) is 0 Å². The van der Waals surface area contributed by atoms with Crippen molar-refractivity contribution in [2.75, 3.05) is 31.1 Å². The Hall–Kier alpha value is -1.19. The van der Waals surface area contributed by atoms with Crippen LogP contribution in [-0.2, 0) is 10.0 Å². The Morgan fingerprint density at radius 2 is 1.62 bits per heavy atom. The summed E-state index contributed by atoms with van der Waals surface area (Å²) < 4.78 is 41.3. The highest BCUT2D eigenvalue weighted by Gasteiger charge is 2.29. The summed E-state index contributed by atoms with van der Waals surface area (Å²) >= 11 is 2.17. The van der Waals surface area contributed by atoms with E-state index in [2.05, 4.69) is 27.5 Å². The second kappa shape index (κ2) is 6.97. The summed E-state index contributed by atoms with van der Waals surface area (Å²) in [6.45, 7) is 3.85. The van der Waals surface area contributed by atoms with Crippen molar-refractivity contribution in [3.05, 3.63) is 57.4 Å². The van der Waals surface area contributed by atoms with Crippen LogP contribution in [0, 0.1) is 16.3 Å². The third-order valence-corrected chi connectivity index (χ3v) is 6.92. The van der Waals surface area contributed by atoms with Crippen LogP contribution in [0.2, 0.25) is 0 Å². The molecule has 2 aromatic carbocycles. The molecule has 0 spiro atoms. The predicted molar refractivity (Wildman–Crippen MR) is 101 cm³/mol. The van der Waals surface area contributed by atoms with Gasteiger partial charge in [-0.3, -0.25) is 0 Å². The van der Waals surface area contributed by atoms with E-state index in [9.17, 15) is 12.8 Å². The van der Waals surface area contributed by atoms with Gasteiger partial charge in [-0.1, -0.05) is 0 Å². The maximum absolute atomic E-state index is 13.0. The number of anilines is 1. The van der Waals surface area contributed by atoms with Gasteiger partial charge in [-0.2, -0.15) is 4.31 Å². The number of nitrogens with zero attached hydrogens (tertiary/aromatic N) is 2. The van der Waals surface area contributed by atoms with Crippen LogP contribution in [0.3, 0.4) is 0 Å². The first-order valence-corrected chi connectivity index (χ1v) is 10.2. The first-order valence-electron chi connectivity index (χ1n) is 7.65. The molecular weight excluding hydrogens is 442 g/mol. The molecule has 0 aromatic heterocycles. The van der Waals surface area contributed by atoms with E-state index in [1.165, 1.54) is 16.4 Å². The van der Waals surface area contributed by atoms with Crippen LogP contribution in [0.4, 0.5) is 10.1 Å². The number of hydrogen-bond acceptors (Lipinski definition) is 3. The molecule has 1 heterocycles. The third kappa shape index (κ3) is 3.57. The van der Waals surface area contributed by atoms with Gasteiger partial charge in [0.2, 0.25) is 10.0 Å². The normalized spacial score (nSPS) is 16.4. The highest BCUT2D eigenvalue weighted by atomic mass is 127. The molecule has 3 rings (SSSR count). The Morgan fingerprint density at radius 3 is 2.21 bits per heavy atom. The summed E-state index contributed by atoms with van der Waals surface area (Å²) in [4.78, 5) is 2.45. The maximum Gasteiger partial charge on any atom is 0.243 e. The molecule has 0 saturated carbocycles. The first kappa shape index (κ1) is 17.6. The van der Waals surface area contributed by atoms with Gasteiger partial charge in [-0.15, -0.1) is 0 Å². The number of halogens is 2. The maximum atomic E-state index is 13.0. The molecule has 0 radical (unpaired) electrons. The van der Waals surface area contributed by atoms with Gasteiger partial charge in [0, 0.05) is 35.4 Å². The lowest BCUT2D eigenvalue weighted by molar-refractivity contribution is 0.384. The smallest absolute Gasteiger partial charge is 0.243 e. The van der Waals surface area contributed by atoms with Gasteiger partial charge in [-0.05, 0) is 77.5 Å². The van der Waals surface area contributed by atoms with Crippen LogP contribution >= 0.6 is 22.6 Å². The molecule has 0 aliphatic carbocycles. The molecule has 0 unspecified atom stereocenters. The van der Waals surface area contributed by atoms with E-state index >= 15 is 0 Å². The fraction of sp³-hybridized carbons (Fsp3) is 0.294. The van der Waals surface area contributed by atoms with Gasteiger partial charge in [0.1, 0.15) is 5.82 Å². The van der Waals surface area contributed by atoms with Gasteiger partial charge in [0.25, 0.3) is 0 Å². The largest absolute Gasteiger partial charge is 0.369 e. The van der Waals surface area contributed by atoms with Gasteiger partial charge < -0.3 is 4.90 Å². The average Bonchev–Trinajstić information content (AvgIpc) is 2.55. The summed E-state index contributed by atoms with van der Waals surface area (Å²) in [6.07, 6.45) is 0. The summed E-state index contributed by atoms with van der Waals surface area (Å²) in [5.41, 5.74) is 1.68. The zero-order valence-corrected chi connectivity index (χ0v) is 16.2. The molecule has 1 saturated heterocycles. The summed E-state index contributed by atoms with van der Waals surface area (Å²) in [6, 6.07) is 11.7. The third-order valence-electron chi connectivity index (χ3n) is 4.19. The minimum absolute atomic E-state index is 0.269. The van der Waals surface area contributed by atoms with Crippen LogP contribution in [0.25, 0.3) is 0 Å². The summed E-state index contributed by atoms with van der Waals surface area (Å²) in [5.74, 6) is -0.269. The van der Waals surface area contributed by atoms with Crippen LogP contribution in [0.15, 0.2) is 47.4 Å². The van der Waals surface area contributed by atoms with Crippen molar-refractivity contribution in [2.24, 2.45) is 0 Å². The fourth-order valence-corrected chi connectivity index (χ4v) is 5.15. The number of sulfonamides is 1. The van der Waals surface area contributed by atoms with Crippen molar-refractivity contribution in [1.29, 1.82) is 0 Å². The monoisotopic (exact) mass is 460 g/mol. The standard InChI is InChI=1S/C17H18FIN2O2S/c1-13-12-15(19)4-7-17(13)24(22,23)21-10-8-20(9-11-21)16-5-2-14(18)3-6-16/h2-7,12H,8-11H2,1H3. The van der Waals surface area contributed by atoms with Gasteiger partial charge in [-0.25, -0.2) is 12.8 Å². The number of rotatable bonds is 3. The van der Waals surface area contributed by atoms with Crippen LogP contribution in [-0.4, -0.2) is 38.9 Å². The van der Waals surface area contributed by atoms with Crippen molar-refractivity contribution in [2.45, 2.75) is 11.8 Å². The topological polar surface area (TPSA) is 40.6 Å². The van der Waals surface area contributed by atoms with Crippen molar-refractivity contribution in [3.8, 4) is 0 Å². The van der Waals surface area contributed by atoms with E-state index in [4.69, 9.17) is 0 Å². The van der Waals surface area contributed by atoms with E-state index in [0.717, 1.165) is 14.8 Å². The SMILES string of the molecule is Cc1cc(I)ccc1S(=O)(=O)N1CCN(c2ccc(F)cc2)CC1. The Balaban J connectivity index is 1.75. The second-order valence-corrected chi connectivity index (χ2v) is 8.93. The Bertz CT molecular complexity index is 832. The zero-order valence-electron chi connectivity index (χ0n) is 13.2. The van der Waals surface area contributed by atoms with E-state index in [1.807, 2.05) is 19.1 Å². The molecule has 7 heteroatoms. The van der Waals surface area contributed by atoms with Crippen molar-refractivity contribution in [1.82, 2.24) is 4.31 Å². The van der Waals surface area contributed by atoms with Crippen LogP contribution < -0.4 is 4.90 Å². The van der Waals surface area contributed by atoms with E-state index in [1.54, 1.807) is 18.2 Å². The van der Waals surface area contributed by atoms with Crippen LogP contribution in [0.1, 0.15) is 5.56 Å². The minimum atomic E-state index is -3.48. The molecule has 0 N–H and O–H groups in total. The molecule has 0 atom stereocenters. The quantitative estimate of drug-likeness (QED) is 0.661. The van der Waals surface area contributed by atoms with Gasteiger partial charge in [0.05, 0.1) is 4.90 Å². The van der Waals surface area contributed by atoms with Crippen molar-refractivity contribution in [3.63, 3.8) is 0 Å². The van der Waals surface area contributed by atoms with Crippen molar-refractivity contribution >= 4 is 38.3 Å². The van der Waals surface area contributed by atoms with Crippen molar-refractivity contribution < 1.29 is 12.8 Å². The molecule has 24 heavy (non-hydrogen) atoms. The predicted octanol–water partition coefficient (Wildman–Crippen LogP) is 3.25. The molecule has 2 aromatic rings. The highest BCUT2D eigenvalue weighted by Crippen LogP contribution is 2.24. The molecule has 128 valence electrons. The lowest BCUT2D eigenvalue weighted by Crippen LogP contribution is -2.48. The lowest BCUT2D eigenvalue weighted by atomic mass is 10.2. The Kier molecular flexibility index (Phi) is 5.12. The number of benzene rings is 2. The second-order valence-electron chi connectivity index (χ2n) is 5.78. The van der Waals surface area contributed by atoms with E-state index < -0.39 is 10.0 Å². The van der Waals surface area contributed by atoms with E-state index in [0.29, 0.717) is 31.1 Å². The molecule has 4 nitrogen and oxygen atoms in total. The van der Waals surface area contributed by atoms with Gasteiger partial charge in [0.15, 0.2) is 0 Å². The lowest BCUT2D eigenvalue weighted by Gasteiger charge is -2.35. The molecule has 1 aliphatic heterocycles. The van der Waals surface area contributed by atoms with E-state index in [-0.39, 0.29) is 5.82 Å². The molecule has 1 aliphatic rings. The summed E-state index contributed by atoms with van der Waals surface area (Å²) in [7, 11) is -3.48. The Labute approximate surface area is 155 Å². The van der Waals surface area contributed by atoms with Gasteiger partial charge >= 0.3 is 0 Å².